The highest BCUT2D eigenvalue weighted by Crippen LogP contribution is 2.37. The lowest BCUT2D eigenvalue weighted by atomic mass is 9.76. The van der Waals surface area contributed by atoms with Gasteiger partial charge in [-0.1, -0.05) is 29.8 Å². The quantitative estimate of drug-likeness (QED) is 0.562. The van der Waals surface area contributed by atoms with Crippen LogP contribution in [0.5, 0.6) is 0 Å². The number of benzene rings is 1. The Morgan fingerprint density at radius 1 is 1.30 bits per heavy atom. The molecule has 0 atom stereocenters. The summed E-state index contributed by atoms with van der Waals surface area (Å²) >= 11 is 6.70. The van der Waals surface area contributed by atoms with E-state index in [1.54, 1.807) is 6.07 Å². The minimum Gasteiger partial charge on any atom is -0.459 e. The number of ether oxygens (including phenoxy) is 1. The summed E-state index contributed by atoms with van der Waals surface area (Å²) in [5, 5.41) is 0. The van der Waals surface area contributed by atoms with Gasteiger partial charge in [-0.25, -0.2) is 4.79 Å². The minimum atomic E-state index is -0.339. The van der Waals surface area contributed by atoms with Crippen LogP contribution in [0, 0.1) is 5.41 Å². The molecular weight excluding hydrogens is 386 g/mol. The SMILES string of the molecule is CC1(C)CCC(OC(=O)c2cc(Br)cc(Br)c2N)CC1. The van der Waals surface area contributed by atoms with Crippen LogP contribution >= 0.6 is 31.9 Å². The van der Waals surface area contributed by atoms with Crippen molar-refractivity contribution in [1.29, 1.82) is 0 Å². The molecule has 0 unspecified atom stereocenters. The molecule has 0 aliphatic heterocycles. The first kappa shape index (κ1) is 15.8. The molecule has 1 fully saturated rings. The van der Waals surface area contributed by atoms with E-state index in [2.05, 4.69) is 45.7 Å². The number of hydrogen-bond donors (Lipinski definition) is 1. The van der Waals surface area contributed by atoms with Crippen LogP contribution < -0.4 is 5.73 Å². The van der Waals surface area contributed by atoms with Gasteiger partial charge in [0.2, 0.25) is 0 Å². The van der Waals surface area contributed by atoms with Gasteiger partial charge in [0.15, 0.2) is 0 Å². The molecule has 5 heteroatoms. The topological polar surface area (TPSA) is 52.3 Å². The van der Waals surface area contributed by atoms with Gasteiger partial charge in [-0.3, -0.25) is 0 Å². The zero-order chi connectivity index (χ0) is 14.9. The van der Waals surface area contributed by atoms with Crippen molar-refractivity contribution < 1.29 is 9.53 Å². The number of nitrogen functional groups attached to an aromatic ring is 1. The maximum atomic E-state index is 12.3. The predicted molar refractivity (Wildman–Crippen MR) is 87.7 cm³/mol. The van der Waals surface area contributed by atoms with E-state index in [1.165, 1.54) is 0 Å². The van der Waals surface area contributed by atoms with E-state index in [-0.39, 0.29) is 12.1 Å². The number of carbonyl (C=O) groups is 1. The Bertz CT molecular complexity index is 519. The molecule has 1 aliphatic rings. The van der Waals surface area contributed by atoms with Crippen LogP contribution in [-0.4, -0.2) is 12.1 Å². The van der Waals surface area contributed by atoms with Crippen molar-refractivity contribution in [2.24, 2.45) is 5.41 Å². The third kappa shape index (κ3) is 3.76. The van der Waals surface area contributed by atoms with Crippen molar-refractivity contribution >= 4 is 43.5 Å². The molecule has 2 N–H and O–H groups in total. The molecule has 1 aromatic carbocycles. The molecule has 110 valence electrons. The fourth-order valence-corrected chi connectivity index (χ4v) is 3.68. The zero-order valence-corrected chi connectivity index (χ0v) is 14.9. The van der Waals surface area contributed by atoms with E-state index in [4.69, 9.17) is 10.5 Å². The smallest absolute Gasteiger partial charge is 0.340 e. The number of esters is 1. The number of anilines is 1. The van der Waals surface area contributed by atoms with Crippen LogP contribution in [0.15, 0.2) is 21.1 Å². The van der Waals surface area contributed by atoms with Crippen molar-refractivity contribution in [2.45, 2.75) is 45.6 Å². The zero-order valence-electron chi connectivity index (χ0n) is 11.7. The van der Waals surface area contributed by atoms with Gasteiger partial charge >= 0.3 is 5.97 Å². The highest BCUT2D eigenvalue weighted by molar-refractivity contribution is 9.11. The molecule has 1 aromatic rings. The normalized spacial score (nSPS) is 18.8. The maximum Gasteiger partial charge on any atom is 0.340 e. The fraction of sp³-hybridized carbons (Fsp3) is 0.533. The van der Waals surface area contributed by atoms with Crippen molar-refractivity contribution in [1.82, 2.24) is 0 Å². The van der Waals surface area contributed by atoms with Crippen LogP contribution in [-0.2, 0) is 4.74 Å². The van der Waals surface area contributed by atoms with E-state index in [1.807, 2.05) is 6.07 Å². The molecule has 1 saturated carbocycles. The molecular formula is C15H19Br2NO2. The van der Waals surface area contributed by atoms with Crippen molar-refractivity contribution in [2.75, 3.05) is 5.73 Å². The Labute approximate surface area is 136 Å². The molecule has 3 nitrogen and oxygen atoms in total. The van der Waals surface area contributed by atoms with Gasteiger partial charge in [-0.05, 0) is 59.2 Å². The summed E-state index contributed by atoms with van der Waals surface area (Å²) in [6.07, 6.45) is 4.03. The molecule has 0 amide bonds. The number of nitrogens with two attached hydrogens (primary N) is 1. The van der Waals surface area contributed by atoms with E-state index >= 15 is 0 Å². The average Bonchev–Trinajstić information content (AvgIpc) is 2.36. The van der Waals surface area contributed by atoms with Gasteiger partial charge in [0.1, 0.15) is 6.10 Å². The average molecular weight is 405 g/mol. The van der Waals surface area contributed by atoms with Crippen LogP contribution in [0.25, 0.3) is 0 Å². The molecule has 1 aliphatic carbocycles. The van der Waals surface area contributed by atoms with Crippen LogP contribution in [0.1, 0.15) is 49.9 Å². The summed E-state index contributed by atoms with van der Waals surface area (Å²) in [5.41, 5.74) is 7.13. The lowest BCUT2D eigenvalue weighted by Gasteiger charge is -2.33. The lowest BCUT2D eigenvalue weighted by Crippen LogP contribution is -2.28. The minimum absolute atomic E-state index is 0.00711. The second-order valence-electron chi connectivity index (χ2n) is 6.12. The Morgan fingerprint density at radius 3 is 2.50 bits per heavy atom. The number of halogens is 2. The lowest BCUT2D eigenvalue weighted by molar-refractivity contribution is 0.00961. The fourth-order valence-electron chi connectivity index (χ4n) is 2.46. The van der Waals surface area contributed by atoms with Crippen LogP contribution in [0.4, 0.5) is 5.69 Å². The van der Waals surface area contributed by atoms with E-state index in [9.17, 15) is 4.79 Å². The Morgan fingerprint density at radius 2 is 1.90 bits per heavy atom. The molecule has 20 heavy (non-hydrogen) atoms. The molecule has 0 heterocycles. The first-order chi connectivity index (χ1) is 9.28. The summed E-state index contributed by atoms with van der Waals surface area (Å²) in [5.74, 6) is -0.339. The monoisotopic (exact) mass is 403 g/mol. The second kappa shape index (κ2) is 6.06. The van der Waals surface area contributed by atoms with Crippen molar-refractivity contribution in [3.63, 3.8) is 0 Å². The van der Waals surface area contributed by atoms with Gasteiger partial charge < -0.3 is 10.5 Å². The second-order valence-corrected chi connectivity index (χ2v) is 7.89. The Hall–Kier alpha value is -0.550. The van der Waals surface area contributed by atoms with Gasteiger partial charge in [-0.15, -0.1) is 0 Å². The van der Waals surface area contributed by atoms with Crippen LogP contribution in [0.3, 0.4) is 0 Å². The molecule has 0 bridgehead atoms. The van der Waals surface area contributed by atoms with Gasteiger partial charge in [0.25, 0.3) is 0 Å². The summed E-state index contributed by atoms with van der Waals surface area (Å²) < 4.78 is 7.10. The summed E-state index contributed by atoms with van der Waals surface area (Å²) in [4.78, 5) is 12.3. The highest BCUT2D eigenvalue weighted by Gasteiger charge is 2.29. The van der Waals surface area contributed by atoms with E-state index in [0.717, 1.165) is 30.2 Å². The van der Waals surface area contributed by atoms with E-state index in [0.29, 0.717) is 21.1 Å². The Balaban J connectivity index is 2.06. The van der Waals surface area contributed by atoms with Crippen molar-refractivity contribution in [3.05, 3.63) is 26.6 Å². The van der Waals surface area contributed by atoms with Gasteiger partial charge in [-0.2, -0.15) is 0 Å². The third-order valence-corrected chi connectivity index (χ3v) is 4.99. The molecule has 0 radical (unpaired) electrons. The van der Waals surface area contributed by atoms with E-state index < -0.39 is 0 Å². The molecule has 2 rings (SSSR count). The number of hydrogen-bond acceptors (Lipinski definition) is 3. The van der Waals surface area contributed by atoms with Gasteiger partial charge in [0, 0.05) is 8.95 Å². The Kier molecular flexibility index (Phi) is 4.80. The summed E-state index contributed by atoms with van der Waals surface area (Å²) in [6.45, 7) is 4.52. The summed E-state index contributed by atoms with van der Waals surface area (Å²) in [7, 11) is 0. The maximum absolute atomic E-state index is 12.3. The predicted octanol–water partition coefficient (Wildman–Crippen LogP) is 4.92. The first-order valence-corrected chi connectivity index (χ1v) is 8.32. The standard InChI is InChI=1S/C15H19Br2NO2/c1-15(2)5-3-10(4-6-15)20-14(19)11-7-9(16)8-12(17)13(11)18/h7-8,10H,3-6,18H2,1-2H3. The molecule has 0 spiro atoms. The largest absolute Gasteiger partial charge is 0.459 e. The first-order valence-electron chi connectivity index (χ1n) is 6.74. The summed E-state index contributed by atoms with van der Waals surface area (Å²) in [6, 6.07) is 3.52. The number of carbonyl (C=O) groups excluding carboxylic acids is 1. The third-order valence-electron chi connectivity index (χ3n) is 3.87. The van der Waals surface area contributed by atoms with Gasteiger partial charge in [0.05, 0.1) is 11.3 Å². The highest BCUT2D eigenvalue weighted by atomic mass is 79.9. The number of rotatable bonds is 2. The van der Waals surface area contributed by atoms with Crippen LogP contribution in [0.2, 0.25) is 0 Å². The van der Waals surface area contributed by atoms with Crippen molar-refractivity contribution in [3.8, 4) is 0 Å². The molecule has 0 saturated heterocycles. The molecule has 0 aromatic heterocycles.